The van der Waals surface area contributed by atoms with Gasteiger partial charge in [-0.2, -0.15) is 0 Å². The fourth-order valence-electron chi connectivity index (χ4n) is 1.29. The van der Waals surface area contributed by atoms with Crippen molar-refractivity contribution in [3.8, 4) is 11.5 Å². The minimum Gasteiger partial charge on any atom is -0.423 e. The number of rotatable bonds is 5. The first kappa shape index (κ1) is 15.7. The van der Waals surface area contributed by atoms with Crippen molar-refractivity contribution in [2.45, 2.75) is 13.3 Å². The average molecular weight is 350 g/mol. The molecule has 0 amide bonds. The molecule has 0 N–H and O–H groups in total. The second-order valence-corrected chi connectivity index (χ2v) is 4.50. The number of carbonyl (C=O) groups excluding carboxylic acids is 3. The van der Waals surface area contributed by atoms with E-state index in [1.165, 1.54) is 19.1 Å². The standard InChI is InChI=1S/C12H10BrClO5/c1-7(15)18-10-4-8(5-11(14)16)2-3-9(10)19-12(17)6-13/h2-4H,5-6H2,1H3. The molecule has 5 nitrogen and oxygen atoms in total. The number of benzene rings is 1. The maximum Gasteiger partial charge on any atom is 0.322 e. The highest BCUT2D eigenvalue weighted by Gasteiger charge is 2.13. The highest BCUT2D eigenvalue weighted by molar-refractivity contribution is 9.09. The van der Waals surface area contributed by atoms with Gasteiger partial charge >= 0.3 is 11.9 Å². The molecule has 19 heavy (non-hydrogen) atoms. The number of hydrogen-bond acceptors (Lipinski definition) is 5. The van der Waals surface area contributed by atoms with Crippen LogP contribution in [0, 0.1) is 0 Å². The van der Waals surface area contributed by atoms with Gasteiger partial charge in [-0.05, 0) is 29.3 Å². The smallest absolute Gasteiger partial charge is 0.322 e. The molecule has 0 bridgehead atoms. The van der Waals surface area contributed by atoms with Gasteiger partial charge in [0.15, 0.2) is 11.5 Å². The van der Waals surface area contributed by atoms with Crippen molar-refractivity contribution in [2.24, 2.45) is 0 Å². The van der Waals surface area contributed by atoms with E-state index < -0.39 is 17.2 Å². The monoisotopic (exact) mass is 348 g/mol. The molecule has 7 heteroatoms. The Labute approximate surface area is 123 Å². The van der Waals surface area contributed by atoms with Gasteiger partial charge in [-0.15, -0.1) is 0 Å². The van der Waals surface area contributed by atoms with Crippen molar-refractivity contribution in [1.29, 1.82) is 0 Å². The first-order chi connectivity index (χ1) is 8.92. The van der Waals surface area contributed by atoms with Crippen LogP contribution in [0.5, 0.6) is 11.5 Å². The summed E-state index contributed by atoms with van der Waals surface area (Å²) in [5.74, 6) is -0.928. The van der Waals surface area contributed by atoms with Crippen LogP contribution in [0.1, 0.15) is 12.5 Å². The topological polar surface area (TPSA) is 69.7 Å². The molecule has 0 saturated carbocycles. The fourth-order valence-corrected chi connectivity index (χ4v) is 1.56. The summed E-state index contributed by atoms with van der Waals surface area (Å²) in [7, 11) is 0. The van der Waals surface area contributed by atoms with Crippen LogP contribution in [0.2, 0.25) is 0 Å². The van der Waals surface area contributed by atoms with Crippen molar-refractivity contribution < 1.29 is 23.9 Å². The molecule has 1 aromatic carbocycles. The summed E-state index contributed by atoms with van der Waals surface area (Å²) < 4.78 is 9.90. The van der Waals surface area contributed by atoms with Crippen LogP contribution in [0.15, 0.2) is 18.2 Å². The Morgan fingerprint density at radius 1 is 1.21 bits per heavy atom. The molecule has 0 radical (unpaired) electrons. The van der Waals surface area contributed by atoms with Gasteiger partial charge in [0, 0.05) is 13.3 Å². The summed E-state index contributed by atoms with van der Waals surface area (Å²) in [4.78, 5) is 33.0. The Hall–Kier alpha value is -1.40. The van der Waals surface area contributed by atoms with Crippen LogP contribution >= 0.6 is 27.5 Å². The lowest BCUT2D eigenvalue weighted by molar-refractivity contribution is -0.134. The molecule has 0 atom stereocenters. The van der Waals surface area contributed by atoms with E-state index in [1.807, 2.05) is 0 Å². The van der Waals surface area contributed by atoms with E-state index in [0.29, 0.717) is 5.56 Å². The Kier molecular flexibility index (Phi) is 5.98. The maximum absolute atomic E-state index is 11.2. The number of hydrogen-bond donors (Lipinski definition) is 0. The van der Waals surface area contributed by atoms with Gasteiger partial charge in [0.05, 0.1) is 0 Å². The third-order valence-electron chi connectivity index (χ3n) is 1.94. The fraction of sp³-hybridized carbons (Fsp3) is 0.250. The molecule has 1 rings (SSSR count). The number of halogens is 2. The summed E-state index contributed by atoms with van der Waals surface area (Å²) in [5.41, 5.74) is 0.551. The third-order valence-corrected chi connectivity index (χ3v) is 2.53. The summed E-state index contributed by atoms with van der Waals surface area (Å²) in [6.07, 6.45) is -0.0114. The molecule has 0 aliphatic rings. The molecule has 0 fully saturated rings. The molecule has 1 aromatic rings. The normalized spacial score (nSPS) is 9.84. The predicted molar refractivity (Wildman–Crippen MR) is 71.7 cm³/mol. The molecule has 0 aromatic heterocycles. The zero-order valence-electron chi connectivity index (χ0n) is 9.94. The van der Waals surface area contributed by atoms with Crippen molar-refractivity contribution in [3.63, 3.8) is 0 Å². The van der Waals surface area contributed by atoms with E-state index in [4.69, 9.17) is 21.1 Å². The van der Waals surface area contributed by atoms with Crippen LogP contribution in [0.3, 0.4) is 0 Å². The average Bonchev–Trinajstić information content (AvgIpc) is 2.30. The number of esters is 2. The SMILES string of the molecule is CC(=O)Oc1cc(CC(=O)Cl)ccc1OC(=O)CBr. The van der Waals surface area contributed by atoms with Crippen molar-refractivity contribution in [2.75, 3.05) is 5.33 Å². The number of ether oxygens (including phenoxy) is 2. The van der Waals surface area contributed by atoms with Gasteiger partial charge in [0.1, 0.15) is 5.33 Å². The zero-order chi connectivity index (χ0) is 14.4. The maximum atomic E-state index is 11.2. The number of alkyl halides is 1. The van der Waals surface area contributed by atoms with Gasteiger partial charge in [0.2, 0.25) is 5.24 Å². The van der Waals surface area contributed by atoms with E-state index in [0.717, 1.165) is 0 Å². The van der Waals surface area contributed by atoms with E-state index in [-0.39, 0.29) is 23.2 Å². The Morgan fingerprint density at radius 2 is 1.89 bits per heavy atom. The minimum absolute atomic E-state index is 0.00836. The molecule has 0 heterocycles. The van der Waals surface area contributed by atoms with E-state index >= 15 is 0 Å². The minimum atomic E-state index is -0.564. The number of carbonyl (C=O) groups is 3. The van der Waals surface area contributed by atoms with E-state index in [1.54, 1.807) is 6.07 Å². The first-order valence-electron chi connectivity index (χ1n) is 5.18. The summed E-state index contributed by atoms with van der Waals surface area (Å²) >= 11 is 8.23. The molecule has 0 unspecified atom stereocenters. The molecule has 0 saturated heterocycles. The highest BCUT2D eigenvalue weighted by atomic mass is 79.9. The lowest BCUT2D eigenvalue weighted by atomic mass is 10.1. The lowest BCUT2D eigenvalue weighted by Crippen LogP contribution is -2.11. The molecular formula is C12H10BrClO5. The van der Waals surface area contributed by atoms with E-state index in [9.17, 15) is 14.4 Å². The van der Waals surface area contributed by atoms with Crippen molar-refractivity contribution in [1.82, 2.24) is 0 Å². The second-order valence-electron chi connectivity index (χ2n) is 3.51. The lowest BCUT2D eigenvalue weighted by Gasteiger charge is -2.10. The Morgan fingerprint density at radius 3 is 2.42 bits per heavy atom. The highest BCUT2D eigenvalue weighted by Crippen LogP contribution is 2.29. The molecular weight excluding hydrogens is 339 g/mol. The van der Waals surface area contributed by atoms with Crippen LogP contribution in [0.25, 0.3) is 0 Å². The quantitative estimate of drug-likeness (QED) is 0.353. The van der Waals surface area contributed by atoms with Gasteiger partial charge in [0.25, 0.3) is 0 Å². The van der Waals surface area contributed by atoms with Crippen molar-refractivity contribution >= 4 is 44.7 Å². The summed E-state index contributed by atoms with van der Waals surface area (Å²) in [6, 6.07) is 4.43. The van der Waals surface area contributed by atoms with Crippen molar-refractivity contribution in [3.05, 3.63) is 23.8 Å². The largest absolute Gasteiger partial charge is 0.423 e. The zero-order valence-corrected chi connectivity index (χ0v) is 12.3. The molecule has 0 spiro atoms. The summed E-state index contributed by atoms with van der Waals surface area (Å²) in [5, 5.41) is -0.534. The second kappa shape index (κ2) is 7.25. The van der Waals surface area contributed by atoms with E-state index in [2.05, 4.69) is 15.9 Å². The van der Waals surface area contributed by atoms with Crippen LogP contribution in [0.4, 0.5) is 0 Å². The molecule has 102 valence electrons. The van der Waals surface area contributed by atoms with Gasteiger partial charge in [-0.25, -0.2) is 0 Å². The Bertz CT molecular complexity index is 515. The van der Waals surface area contributed by atoms with Gasteiger partial charge in [-0.3, -0.25) is 14.4 Å². The van der Waals surface area contributed by atoms with Gasteiger partial charge in [-0.1, -0.05) is 22.0 Å². The van der Waals surface area contributed by atoms with Gasteiger partial charge < -0.3 is 9.47 Å². The molecule has 0 aliphatic carbocycles. The predicted octanol–water partition coefficient (Wildman–Crippen LogP) is 2.22. The third kappa shape index (κ3) is 5.40. The Balaban J connectivity index is 3.04. The first-order valence-corrected chi connectivity index (χ1v) is 6.68. The van der Waals surface area contributed by atoms with Crippen LogP contribution < -0.4 is 9.47 Å². The molecule has 0 aliphatic heterocycles. The van der Waals surface area contributed by atoms with Crippen LogP contribution in [-0.2, 0) is 20.8 Å². The van der Waals surface area contributed by atoms with Crippen LogP contribution in [-0.4, -0.2) is 22.5 Å². The summed E-state index contributed by atoms with van der Waals surface area (Å²) in [6.45, 7) is 1.22.